The van der Waals surface area contributed by atoms with Gasteiger partial charge in [-0.05, 0) is 18.6 Å². The fourth-order valence-electron chi connectivity index (χ4n) is 0.957. The minimum atomic E-state index is 0.162. The minimum absolute atomic E-state index is 0.162. The van der Waals surface area contributed by atoms with E-state index >= 15 is 0 Å². The van der Waals surface area contributed by atoms with Gasteiger partial charge in [0, 0.05) is 25.3 Å². The van der Waals surface area contributed by atoms with Crippen LogP contribution in [0.3, 0.4) is 0 Å². The molecule has 14 heavy (non-hydrogen) atoms. The van der Waals surface area contributed by atoms with Gasteiger partial charge in [0.1, 0.15) is 0 Å². The molecule has 0 heterocycles. The molecule has 4 heteroatoms. The Morgan fingerprint density at radius 2 is 2.14 bits per heavy atom. The number of amides is 1. The summed E-state index contributed by atoms with van der Waals surface area (Å²) in [6.45, 7) is 3.09. The minimum Gasteiger partial charge on any atom is -0.396 e. The lowest BCUT2D eigenvalue weighted by molar-refractivity contribution is -0.121. The van der Waals surface area contributed by atoms with Gasteiger partial charge in [-0.2, -0.15) is 11.8 Å². The Morgan fingerprint density at radius 3 is 2.79 bits per heavy atom. The van der Waals surface area contributed by atoms with E-state index in [0.29, 0.717) is 6.42 Å². The van der Waals surface area contributed by atoms with E-state index in [1.54, 1.807) is 11.8 Å². The zero-order valence-electron chi connectivity index (χ0n) is 8.92. The van der Waals surface area contributed by atoms with E-state index in [1.165, 1.54) is 0 Å². The van der Waals surface area contributed by atoms with Crippen LogP contribution in [0.2, 0.25) is 0 Å². The molecule has 0 rings (SSSR count). The van der Waals surface area contributed by atoms with Crippen molar-refractivity contribution < 1.29 is 9.90 Å². The molecule has 0 bridgehead atoms. The summed E-state index contributed by atoms with van der Waals surface area (Å²) in [5.41, 5.74) is 0. The topological polar surface area (TPSA) is 49.3 Å². The molecule has 0 aromatic rings. The molecule has 2 N–H and O–H groups in total. The Balaban J connectivity index is 3.07. The maximum atomic E-state index is 11.1. The lowest BCUT2D eigenvalue weighted by Crippen LogP contribution is -2.25. The van der Waals surface area contributed by atoms with Gasteiger partial charge in [-0.3, -0.25) is 4.79 Å². The van der Waals surface area contributed by atoms with Gasteiger partial charge in [-0.25, -0.2) is 0 Å². The standard InChI is InChI=1S/C10H21NO2S/c1-2-3-5-10(13)11-6-9-14-8-4-7-12/h12H,2-9H2,1H3,(H,11,13). The number of aliphatic hydroxyl groups excluding tert-OH is 1. The van der Waals surface area contributed by atoms with Crippen LogP contribution >= 0.6 is 11.8 Å². The molecule has 0 aliphatic heterocycles. The van der Waals surface area contributed by atoms with E-state index in [0.717, 1.165) is 37.3 Å². The molecule has 0 spiro atoms. The highest BCUT2D eigenvalue weighted by atomic mass is 32.2. The number of carbonyl (C=O) groups is 1. The average molecular weight is 219 g/mol. The van der Waals surface area contributed by atoms with Crippen molar-refractivity contribution in [3.05, 3.63) is 0 Å². The third-order valence-electron chi connectivity index (χ3n) is 1.77. The zero-order chi connectivity index (χ0) is 10.6. The number of nitrogens with one attached hydrogen (secondary N) is 1. The molecule has 3 nitrogen and oxygen atoms in total. The molecule has 84 valence electrons. The molecular weight excluding hydrogens is 198 g/mol. The first-order chi connectivity index (χ1) is 6.81. The number of thioether (sulfide) groups is 1. The van der Waals surface area contributed by atoms with Crippen LogP contribution in [0.25, 0.3) is 0 Å². The maximum absolute atomic E-state index is 11.1. The Hall–Kier alpha value is -0.220. The highest BCUT2D eigenvalue weighted by molar-refractivity contribution is 7.99. The van der Waals surface area contributed by atoms with Gasteiger partial charge >= 0.3 is 0 Å². The smallest absolute Gasteiger partial charge is 0.220 e. The van der Waals surface area contributed by atoms with E-state index < -0.39 is 0 Å². The quantitative estimate of drug-likeness (QED) is 0.576. The fourth-order valence-corrected chi connectivity index (χ4v) is 1.74. The zero-order valence-corrected chi connectivity index (χ0v) is 9.74. The summed E-state index contributed by atoms with van der Waals surface area (Å²) in [5.74, 6) is 2.08. The summed E-state index contributed by atoms with van der Waals surface area (Å²) >= 11 is 1.77. The van der Waals surface area contributed by atoms with Crippen molar-refractivity contribution in [2.45, 2.75) is 32.6 Å². The van der Waals surface area contributed by atoms with Crippen molar-refractivity contribution in [1.82, 2.24) is 5.32 Å². The SMILES string of the molecule is CCCCC(=O)NCCSCCCO. The number of rotatable bonds is 9. The molecule has 0 aliphatic carbocycles. The lowest BCUT2D eigenvalue weighted by Gasteiger charge is -2.03. The van der Waals surface area contributed by atoms with Crippen LogP contribution in [-0.2, 0) is 4.79 Å². The summed E-state index contributed by atoms with van der Waals surface area (Å²) in [6.07, 6.45) is 3.54. The van der Waals surface area contributed by atoms with Crippen LogP contribution in [-0.4, -0.2) is 35.7 Å². The van der Waals surface area contributed by atoms with Crippen molar-refractivity contribution in [2.24, 2.45) is 0 Å². The Morgan fingerprint density at radius 1 is 1.36 bits per heavy atom. The Labute approximate surface area is 90.7 Å². The Bertz CT molecular complexity index is 142. The van der Waals surface area contributed by atoms with Crippen molar-refractivity contribution in [3.63, 3.8) is 0 Å². The number of unbranched alkanes of at least 4 members (excludes halogenated alkanes) is 1. The predicted octanol–water partition coefficient (Wildman–Crippen LogP) is 1.41. The molecule has 0 radical (unpaired) electrons. The largest absolute Gasteiger partial charge is 0.396 e. The van der Waals surface area contributed by atoms with Crippen LogP contribution < -0.4 is 5.32 Å². The van der Waals surface area contributed by atoms with Gasteiger partial charge < -0.3 is 10.4 Å². The van der Waals surface area contributed by atoms with E-state index in [9.17, 15) is 4.79 Å². The van der Waals surface area contributed by atoms with E-state index in [4.69, 9.17) is 5.11 Å². The molecular formula is C10H21NO2S. The molecule has 0 aliphatic rings. The third-order valence-corrected chi connectivity index (χ3v) is 2.84. The van der Waals surface area contributed by atoms with Gasteiger partial charge in [0.15, 0.2) is 0 Å². The van der Waals surface area contributed by atoms with Crippen LogP contribution in [0.15, 0.2) is 0 Å². The van der Waals surface area contributed by atoms with Gasteiger partial charge in [-0.15, -0.1) is 0 Å². The molecule has 0 aromatic heterocycles. The molecule has 0 fully saturated rings. The second kappa shape index (κ2) is 10.9. The van der Waals surface area contributed by atoms with Gasteiger partial charge in [0.2, 0.25) is 5.91 Å². The number of hydrogen-bond donors (Lipinski definition) is 2. The van der Waals surface area contributed by atoms with E-state index in [2.05, 4.69) is 12.2 Å². The van der Waals surface area contributed by atoms with Crippen molar-refractivity contribution in [3.8, 4) is 0 Å². The summed E-state index contributed by atoms with van der Waals surface area (Å²) in [7, 11) is 0. The first-order valence-electron chi connectivity index (χ1n) is 5.26. The van der Waals surface area contributed by atoms with Crippen molar-refractivity contribution in [2.75, 3.05) is 24.7 Å². The molecule has 0 atom stereocenters. The average Bonchev–Trinajstić information content (AvgIpc) is 2.20. The highest BCUT2D eigenvalue weighted by Crippen LogP contribution is 2.00. The summed E-state index contributed by atoms with van der Waals surface area (Å²) in [6, 6.07) is 0. The van der Waals surface area contributed by atoms with Crippen LogP contribution in [0.1, 0.15) is 32.6 Å². The maximum Gasteiger partial charge on any atom is 0.220 e. The summed E-state index contributed by atoms with van der Waals surface area (Å²) in [5, 5.41) is 11.4. The number of aliphatic hydroxyl groups is 1. The van der Waals surface area contributed by atoms with E-state index in [-0.39, 0.29) is 12.5 Å². The predicted molar refractivity (Wildman–Crippen MR) is 61.6 cm³/mol. The molecule has 0 saturated carbocycles. The Kier molecular flexibility index (Phi) is 10.7. The van der Waals surface area contributed by atoms with Gasteiger partial charge in [0.05, 0.1) is 0 Å². The van der Waals surface area contributed by atoms with Crippen molar-refractivity contribution >= 4 is 17.7 Å². The van der Waals surface area contributed by atoms with Crippen molar-refractivity contribution in [1.29, 1.82) is 0 Å². The first-order valence-corrected chi connectivity index (χ1v) is 6.42. The van der Waals surface area contributed by atoms with Crippen LogP contribution in [0, 0.1) is 0 Å². The molecule has 0 saturated heterocycles. The highest BCUT2D eigenvalue weighted by Gasteiger charge is 1.98. The second-order valence-electron chi connectivity index (χ2n) is 3.14. The summed E-state index contributed by atoms with van der Waals surface area (Å²) < 4.78 is 0. The first kappa shape index (κ1) is 13.8. The molecule has 0 aromatic carbocycles. The number of hydrogen-bond acceptors (Lipinski definition) is 3. The van der Waals surface area contributed by atoms with Crippen LogP contribution in [0.5, 0.6) is 0 Å². The number of carbonyl (C=O) groups excluding carboxylic acids is 1. The van der Waals surface area contributed by atoms with Gasteiger partial charge in [0.25, 0.3) is 0 Å². The lowest BCUT2D eigenvalue weighted by atomic mass is 10.2. The molecule has 0 unspecified atom stereocenters. The van der Waals surface area contributed by atoms with E-state index in [1.807, 2.05) is 0 Å². The van der Waals surface area contributed by atoms with Crippen LogP contribution in [0.4, 0.5) is 0 Å². The van der Waals surface area contributed by atoms with Gasteiger partial charge in [-0.1, -0.05) is 13.3 Å². The molecule has 1 amide bonds. The third kappa shape index (κ3) is 9.86. The fraction of sp³-hybridized carbons (Fsp3) is 0.900. The monoisotopic (exact) mass is 219 g/mol. The summed E-state index contributed by atoms with van der Waals surface area (Å²) in [4.78, 5) is 11.1. The second-order valence-corrected chi connectivity index (χ2v) is 4.37. The normalized spacial score (nSPS) is 10.1.